The number of para-hydroxylation sites is 1. The summed E-state index contributed by atoms with van der Waals surface area (Å²) in [6, 6.07) is 9.89. The second-order valence-electron chi connectivity index (χ2n) is 4.06. The summed E-state index contributed by atoms with van der Waals surface area (Å²) >= 11 is 8.85. The zero-order valence-corrected chi connectivity index (χ0v) is 13.3. The molecule has 0 amide bonds. The Balaban J connectivity index is 1.73. The summed E-state index contributed by atoms with van der Waals surface area (Å²) < 4.78 is 0.562. The van der Waals surface area contributed by atoms with Gasteiger partial charge >= 0.3 is 0 Å². The van der Waals surface area contributed by atoms with Crippen LogP contribution < -0.4 is 5.32 Å². The largest absolute Gasteiger partial charge is 0.379 e. The molecule has 1 N–H and O–H groups in total. The molecule has 3 rings (SSSR count). The predicted molar refractivity (Wildman–Crippen MR) is 87.0 cm³/mol. The van der Waals surface area contributed by atoms with E-state index in [-0.39, 0.29) is 0 Å². The molecule has 0 aliphatic heterocycles. The molecule has 2 heterocycles. The van der Waals surface area contributed by atoms with Gasteiger partial charge in [0.05, 0.1) is 6.54 Å². The van der Waals surface area contributed by atoms with Crippen LogP contribution in [0.4, 0.5) is 5.69 Å². The van der Waals surface area contributed by atoms with Crippen LogP contribution in [0.2, 0.25) is 4.47 Å². The smallest absolute Gasteiger partial charge is 0.192 e. The lowest BCUT2D eigenvalue weighted by Crippen LogP contribution is -1.99. The third-order valence-corrected chi connectivity index (χ3v) is 4.69. The Morgan fingerprint density at radius 2 is 1.90 bits per heavy atom. The lowest BCUT2D eigenvalue weighted by molar-refractivity contribution is 0.966. The molecule has 7 heteroatoms. The van der Waals surface area contributed by atoms with E-state index in [2.05, 4.69) is 20.3 Å². The summed E-state index contributed by atoms with van der Waals surface area (Å²) in [6.07, 6.45) is 5.27. The Kier molecular flexibility index (Phi) is 4.69. The van der Waals surface area contributed by atoms with Crippen LogP contribution in [0.1, 0.15) is 4.88 Å². The van der Waals surface area contributed by atoms with E-state index in [4.69, 9.17) is 11.6 Å². The number of halogens is 1. The molecular weight excluding hydrogens is 324 g/mol. The fourth-order valence-corrected chi connectivity index (χ4v) is 3.42. The molecule has 0 aliphatic rings. The van der Waals surface area contributed by atoms with Crippen molar-refractivity contribution in [3.05, 3.63) is 58.3 Å². The van der Waals surface area contributed by atoms with Crippen molar-refractivity contribution in [2.75, 3.05) is 5.32 Å². The maximum absolute atomic E-state index is 5.84. The first-order valence-corrected chi connectivity index (χ1v) is 8.20. The van der Waals surface area contributed by atoms with E-state index in [1.54, 1.807) is 18.6 Å². The van der Waals surface area contributed by atoms with Gasteiger partial charge in [-0.1, -0.05) is 23.7 Å². The van der Waals surface area contributed by atoms with E-state index in [1.807, 2.05) is 30.3 Å². The van der Waals surface area contributed by atoms with Crippen molar-refractivity contribution >= 4 is 40.4 Å². The molecule has 2 aromatic heterocycles. The molecular formula is C14H11ClN4S2. The number of rotatable bonds is 5. The van der Waals surface area contributed by atoms with Crippen molar-refractivity contribution in [3.8, 4) is 0 Å². The normalized spacial score (nSPS) is 10.5. The van der Waals surface area contributed by atoms with Crippen LogP contribution in [-0.4, -0.2) is 15.0 Å². The fraction of sp³-hybridized carbons (Fsp3) is 0.0714. The van der Waals surface area contributed by atoms with Crippen LogP contribution in [0.5, 0.6) is 0 Å². The quantitative estimate of drug-likeness (QED) is 0.703. The third-order valence-electron chi connectivity index (χ3n) is 2.61. The van der Waals surface area contributed by atoms with Crippen molar-refractivity contribution in [1.82, 2.24) is 15.0 Å². The lowest BCUT2D eigenvalue weighted by Gasteiger charge is -2.09. The SMILES string of the molecule is Clc1ncc(CNc2ccccc2Sc2ncccn2)s1. The Bertz CT molecular complexity index is 718. The molecule has 0 spiro atoms. The van der Waals surface area contributed by atoms with Gasteiger partial charge in [0.2, 0.25) is 0 Å². The molecule has 1 aromatic carbocycles. The average molecular weight is 335 g/mol. The van der Waals surface area contributed by atoms with Crippen LogP contribution in [0.25, 0.3) is 0 Å². The Morgan fingerprint density at radius 3 is 2.67 bits per heavy atom. The Hall–Kier alpha value is -1.63. The van der Waals surface area contributed by atoms with E-state index in [0.717, 1.165) is 20.6 Å². The molecule has 0 atom stereocenters. The number of thiazole rings is 1. The molecule has 4 nitrogen and oxygen atoms in total. The monoisotopic (exact) mass is 334 g/mol. The van der Waals surface area contributed by atoms with E-state index >= 15 is 0 Å². The zero-order valence-electron chi connectivity index (χ0n) is 10.9. The van der Waals surface area contributed by atoms with Gasteiger partial charge in [-0.3, -0.25) is 0 Å². The summed E-state index contributed by atoms with van der Waals surface area (Å²) in [5.41, 5.74) is 1.04. The highest BCUT2D eigenvalue weighted by atomic mass is 35.5. The second-order valence-corrected chi connectivity index (χ2v) is 6.77. The molecule has 0 unspecified atom stereocenters. The Labute approximate surface area is 135 Å². The van der Waals surface area contributed by atoms with Crippen molar-refractivity contribution in [2.45, 2.75) is 16.6 Å². The van der Waals surface area contributed by atoms with Gasteiger partial charge in [0, 0.05) is 34.1 Å². The van der Waals surface area contributed by atoms with Gasteiger partial charge in [-0.2, -0.15) is 0 Å². The number of hydrogen-bond donors (Lipinski definition) is 1. The highest BCUT2D eigenvalue weighted by Gasteiger charge is 2.06. The molecule has 21 heavy (non-hydrogen) atoms. The minimum Gasteiger partial charge on any atom is -0.379 e. The summed E-state index contributed by atoms with van der Waals surface area (Å²) in [5.74, 6) is 0. The van der Waals surface area contributed by atoms with Gasteiger partial charge in [-0.05, 0) is 30.0 Å². The fourth-order valence-electron chi connectivity index (χ4n) is 1.69. The van der Waals surface area contributed by atoms with Crippen LogP contribution in [0, 0.1) is 0 Å². The van der Waals surface area contributed by atoms with Crippen LogP contribution in [-0.2, 0) is 6.54 Å². The first-order valence-electron chi connectivity index (χ1n) is 6.19. The van der Waals surface area contributed by atoms with Crippen LogP contribution >= 0.6 is 34.7 Å². The zero-order chi connectivity index (χ0) is 14.5. The first-order chi connectivity index (χ1) is 10.3. The van der Waals surface area contributed by atoms with Gasteiger partial charge in [0.15, 0.2) is 9.62 Å². The highest BCUT2D eigenvalue weighted by Crippen LogP contribution is 2.31. The standard InChI is InChI=1S/C14H11ClN4S2/c15-13-19-9-10(20-13)8-18-11-4-1-2-5-12(11)21-14-16-6-3-7-17-14/h1-7,9,18H,8H2. The predicted octanol–water partition coefficient (Wildman–Crippen LogP) is 4.35. The molecule has 0 aliphatic carbocycles. The maximum atomic E-state index is 5.84. The molecule has 3 aromatic rings. The average Bonchev–Trinajstić information content (AvgIpc) is 2.93. The maximum Gasteiger partial charge on any atom is 0.192 e. The molecule has 0 fully saturated rings. The molecule has 0 bridgehead atoms. The molecule has 0 saturated heterocycles. The van der Waals surface area contributed by atoms with E-state index < -0.39 is 0 Å². The van der Waals surface area contributed by atoms with E-state index in [0.29, 0.717) is 11.0 Å². The number of benzene rings is 1. The van der Waals surface area contributed by atoms with Crippen molar-refractivity contribution in [1.29, 1.82) is 0 Å². The van der Waals surface area contributed by atoms with Gasteiger partial charge in [-0.15, -0.1) is 11.3 Å². The van der Waals surface area contributed by atoms with E-state index in [1.165, 1.54) is 23.1 Å². The minimum absolute atomic E-state index is 0.562. The van der Waals surface area contributed by atoms with Crippen molar-refractivity contribution < 1.29 is 0 Å². The molecule has 0 saturated carbocycles. The number of nitrogens with zero attached hydrogens (tertiary/aromatic N) is 3. The number of aromatic nitrogens is 3. The van der Waals surface area contributed by atoms with Gasteiger partial charge < -0.3 is 5.32 Å². The van der Waals surface area contributed by atoms with E-state index in [9.17, 15) is 0 Å². The first kappa shape index (κ1) is 14.3. The van der Waals surface area contributed by atoms with Crippen molar-refractivity contribution in [3.63, 3.8) is 0 Å². The second kappa shape index (κ2) is 6.89. The summed E-state index contributed by atoms with van der Waals surface area (Å²) in [7, 11) is 0. The summed E-state index contributed by atoms with van der Waals surface area (Å²) in [6.45, 7) is 0.692. The number of anilines is 1. The van der Waals surface area contributed by atoms with Crippen LogP contribution in [0.3, 0.4) is 0 Å². The molecule has 106 valence electrons. The summed E-state index contributed by atoms with van der Waals surface area (Å²) in [4.78, 5) is 14.7. The Morgan fingerprint density at radius 1 is 1.10 bits per heavy atom. The van der Waals surface area contributed by atoms with Crippen molar-refractivity contribution in [2.24, 2.45) is 0 Å². The topological polar surface area (TPSA) is 50.7 Å². The number of hydrogen-bond acceptors (Lipinski definition) is 6. The molecule has 0 radical (unpaired) electrons. The minimum atomic E-state index is 0.562. The van der Waals surface area contributed by atoms with Crippen LogP contribution in [0.15, 0.2) is 59.0 Å². The highest BCUT2D eigenvalue weighted by molar-refractivity contribution is 7.99. The van der Waals surface area contributed by atoms with Gasteiger partial charge in [0.25, 0.3) is 0 Å². The van der Waals surface area contributed by atoms with Gasteiger partial charge in [0.1, 0.15) is 0 Å². The summed E-state index contributed by atoms with van der Waals surface area (Å²) in [5, 5.41) is 4.13. The lowest BCUT2D eigenvalue weighted by atomic mass is 10.3. The van der Waals surface area contributed by atoms with Gasteiger partial charge in [-0.25, -0.2) is 15.0 Å². The number of nitrogens with one attached hydrogen (secondary N) is 1. The third kappa shape index (κ3) is 3.93.